The molecule has 1 atom stereocenters. The van der Waals surface area contributed by atoms with E-state index in [0.717, 1.165) is 16.8 Å². The molecule has 10 nitrogen and oxygen atoms in total. The first kappa shape index (κ1) is 24.9. The van der Waals surface area contributed by atoms with Gasteiger partial charge in [-0.3, -0.25) is 4.79 Å². The summed E-state index contributed by atoms with van der Waals surface area (Å²) >= 11 is 1.26. The third-order valence-corrected chi connectivity index (χ3v) is 7.66. The quantitative estimate of drug-likeness (QED) is 0.298. The van der Waals surface area contributed by atoms with Crippen molar-refractivity contribution in [1.29, 1.82) is 0 Å². The second-order valence-electron chi connectivity index (χ2n) is 9.23. The summed E-state index contributed by atoms with van der Waals surface area (Å²) in [4.78, 5) is 18.5. The number of thiazole rings is 1. The second-order valence-corrected chi connectivity index (χ2v) is 10.2. The van der Waals surface area contributed by atoms with Crippen LogP contribution < -0.4 is 29.0 Å². The highest BCUT2D eigenvalue weighted by atomic mass is 32.1. The van der Waals surface area contributed by atoms with Gasteiger partial charge < -0.3 is 18.9 Å². The van der Waals surface area contributed by atoms with Crippen molar-refractivity contribution in [3.8, 4) is 39.9 Å². The second kappa shape index (κ2) is 10.1. The first-order chi connectivity index (χ1) is 20.1. The van der Waals surface area contributed by atoms with Crippen LogP contribution in [0.25, 0.3) is 28.0 Å². The van der Waals surface area contributed by atoms with Gasteiger partial charge in [-0.1, -0.05) is 41.7 Å². The minimum Gasteiger partial charge on any atom is -0.493 e. The summed E-state index contributed by atoms with van der Waals surface area (Å²) in [5.41, 5.74) is 2.86. The Bertz CT molecular complexity index is 2000. The fourth-order valence-electron chi connectivity index (χ4n) is 4.69. The molecule has 1 aliphatic heterocycles. The molecule has 41 heavy (non-hydrogen) atoms. The largest absolute Gasteiger partial charge is 0.493 e. The van der Waals surface area contributed by atoms with Crippen molar-refractivity contribution in [1.82, 2.24) is 24.4 Å². The maximum absolute atomic E-state index is 13.4. The third kappa shape index (κ3) is 4.45. The molecule has 11 heteroatoms. The number of hydrogen-bond donors (Lipinski definition) is 0. The number of rotatable bonds is 6. The molecule has 4 heterocycles. The van der Waals surface area contributed by atoms with Crippen LogP contribution in [0, 0.1) is 0 Å². The summed E-state index contributed by atoms with van der Waals surface area (Å²) in [6.07, 6.45) is 3.20. The van der Waals surface area contributed by atoms with E-state index in [1.807, 2.05) is 85.1 Å². The zero-order chi connectivity index (χ0) is 27.9. The van der Waals surface area contributed by atoms with Gasteiger partial charge in [-0.25, -0.2) is 4.68 Å². The normalized spacial score (nSPS) is 14.9. The molecule has 0 saturated heterocycles. The zero-order valence-electron chi connectivity index (χ0n) is 22.1. The van der Waals surface area contributed by atoms with Crippen molar-refractivity contribution in [2.45, 2.75) is 6.10 Å². The van der Waals surface area contributed by atoms with E-state index in [1.165, 1.54) is 15.9 Å². The van der Waals surface area contributed by atoms with Crippen molar-refractivity contribution >= 4 is 22.4 Å². The molecule has 204 valence electrons. The Kier molecular flexibility index (Phi) is 6.12. The first-order valence-corrected chi connectivity index (χ1v) is 13.6. The molecular weight excluding hydrogens is 542 g/mol. The molecule has 0 saturated carbocycles. The Morgan fingerprint density at radius 2 is 1.73 bits per heavy atom. The van der Waals surface area contributed by atoms with Crippen LogP contribution in [0.2, 0.25) is 0 Å². The third-order valence-electron chi connectivity index (χ3n) is 6.70. The number of aromatic nitrogens is 5. The van der Waals surface area contributed by atoms with E-state index >= 15 is 0 Å². The van der Waals surface area contributed by atoms with E-state index in [0.29, 0.717) is 44.0 Å². The number of ether oxygens (including phenoxy) is 4. The maximum Gasteiger partial charge on any atom is 0.291 e. The van der Waals surface area contributed by atoms with Crippen LogP contribution in [0.15, 0.2) is 83.8 Å². The highest BCUT2D eigenvalue weighted by Crippen LogP contribution is 2.36. The Morgan fingerprint density at radius 1 is 0.951 bits per heavy atom. The molecule has 6 aromatic rings. The Hall–Kier alpha value is -5.16. The van der Waals surface area contributed by atoms with Gasteiger partial charge in [0, 0.05) is 17.3 Å². The van der Waals surface area contributed by atoms with Gasteiger partial charge in [0.25, 0.3) is 5.56 Å². The molecule has 0 aliphatic carbocycles. The van der Waals surface area contributed by atoms with Gasteiger partial charge in [-0.2, -0.15) is 14.6 Å². The topological polar surface area (TPSA) is 102 Å². The van der Waals surface area contributed by atoms with Crippen molar-refractivity contribution < 1.29 is 18.9 Å². The Morgan fingerprint density at radius 3 is 2.51 bits per heavy atom. The van der Waals surface area contributed by atoms with E-state index in [1.54, 1.807) is 18.9 Å². The van der Waals surface area contributed by atoms with Crippen molar-refractivity contribution in [2.24, 2.45) is 0 Å². The minimum atomic E-state index is -0.510. The van der Waals surface area contributed by atoms with Crippen molar-refractivity contribution in [3.05, 3.63) is 105 Å². The standard InChI is InChI=1S/C30H23N5O5S/c1-37-21-13-12-18(14-24(21)38-2)27-19(16-34(32-27)20-8-4-3-5-9-20)15-26-29(36)35-30(41-26)31-28(33-35)25-17-39-22-10-6-7-11-23(22)40-25/h3-16,25H,17H2,1-2H3/b26-15-. The molecule has 0 N–H and O–H groups in total. The predicted octanol–water partition coefficient (Wildman–Crippen LogP) is 4.08. The molecule has 0 amide bonds. The summed E-state index contributed by atoms with van der Waals surface area (Å²) in [7, 11) is 3.18. The van der Waals surface area contributed by atoms with Crippen LogP contribution in [0.5, 0.6) is 23.0 Å². The lowest BCUT2D eigenvalue weighted by atomic mass is 10.1. The number of hydrogen-bond acceptors (Lipinski definition) is 9. The fourth-order valence-corrected chi connectivity index (χ4v) is 5.59. The van der Waals surface area contributed by atoms with Crippen LogP contribution >= 0.6 is 11.3 Å². The molecule has 1 unspecified atom stereocenters. The number of nitrogens with zero attached hydrogens (tertiary/aromatic N) is 5. The summed E-state index contributed by atoms with van der Waals surface area (Å²) < 4.78 is 26.3. The number of para-hydroxylation sites is 3. The van der Waals surface area contributed by atoms with E-state index < -0.39 is 6.10 Å². The van der Waals surface area contributed by atoms with E-state index in [4.69, 9.17) is 24.0 Å². The first-order valence-electron chi connectivity index (χ1n) is 12.8. The minimum absolute atomic E-state index is 0.259. The van der Waals surface area contributed by atoms with Crippen LogP contribution in [0.1, 0.15) is 17.5 Å². The molecular formula is C30H23N5O5S. The number of methoxy groups -OCH3 is 2. The summed E-state index contributed by atoms with van der Waals surface area (Å²) in [6.45, 7) is 0.259. The molecule has 3 aromatic carbocycles. The maximum atomic E-state index is 13.4. The molecule has 7 rings (SSSR count). The number of benzene rings is 3. The molecule has 0 spiro atoms. The van der Waals surface area contributed by atoms with Gasteiger partial charge in [0.05, 0.1) is 24.4 Å². The van der Waals surface area contributed by atoms with E-state index in [2.05, 4.69) is 10.1 Å². The SMILES string of the molecule is COc1ccc(-c2nn(-c3ccccc3)cc2/C=c2\sc3nc(C4COc5ccccc5O4)nn3c2=O)cc1OC. The predicted molar refractivity (Wildman–Crippen MR) is 153 cm³/mol. The molecule has 0 fully saturated rings. The summed E-state index contributed by atoms with van der Waals surface area (Å²) in [5, 5.41) is 9.34. The lowest BCUT2D eigenvalue weighted by molar-refractivity contribution is 0.0852. The monoisotopic (exact) mass is 565 g/mol. The van der Waals surface area contributed by atoms with Gasteiger partial charge in [0.1, 0.15) is 12.3 Å². The lowest BCUT2D eigenvalue weighted by Crippen LogP contribution is -2.26. The van der Waals surface area contributed by atoms with Gasteiger partial charge >= 0.3 is 0 Å². The highest BCUT2D eigenvalue weighted by Gasteiger charge is 2.27. The van der Waals surface area contributed by atoms with Crippen LogP contribution in [-0.4, -0.2) is 45.2 Å². The van der Waals surface area contributed by atoms with Crippen molar-refractivity contribution in [3.63, 3.8) is 0 Å². The van der Waals surface area contributed by atoms with Crippen molar-refractivity contribution in [2.75, 3.05) is 20.8 Å². The molecule has 0 bridgehead atoms. The summed E-state index contributed by atoms with van der Waals surface area (Å²) in [5.74, 6) is 2.89. The highest BCUT2D eigenvalue weighted by molar-refractivity contribution is 7.15. The van der Waals surface area contributed by atoms with Gasteiger partial charge in [0.15, 0.2) is 34.9 Å². The fraction of sp³-hybridized carbons (Fsp3) is 0.133. The van der Waals surface area contributed by atoms with Crippen LogP contribution in [0.3, 0.4) is 0 Å². The number of fused-ring (bicyclic) bond motifs is 2. The summed E-state index contributed by atoms with van der Waals surface area (Å²) in [6, 6.07) is 22.8. The van der Waals surface area contributed by atoms with Crippen LogP contribution in [-0.2, 0) is 0 Å². The average molecular weight is 566 g/mol. The van der Waals surface area contributed by atoms with Gasteiger partial charge in [-0.15, -0.1) is 5.10 Å². The molecule has 3 aromatic heterocycles. The molecule has 1 aliphatic rings. The zero-order valence-corrected chi connectivity index (χ0v) is 22.9. The van der Waals surface area contributed by atoms with E-state index in [-0.39, 0.29) is 12.2 Å². The van der Waals surface area contributed by atoms with Gasteiger partial charge in [0.2, 0.25) is 4.96 Å². The van der Waals surface area contributed by atoms with E-state index in [9.17, 15) is 4.79 Å². The molecule has 0 radical (unpaired) electrons. The Labute approximate surface area is 237 Å². The van der Waals surface area contributed by atoms with Gasteiger partial charge in [-0.05, 0) is 48.5 Å². The van der Waals surface area contributed by atoms with Crippen LogP contribution in [0.4, 0.5) is 0 Å². The Balaban J connectivity index is 1.30. The smallest absolute Gasteiger partial charge is 0.291 e. The average Bonchev–Trinajstić information content (AvgIpc) is 3.72. The lowest BCUT2D eigenvalue weighted by Gasteiger charge is -2.24.